The summed E-state index contributed by atoms with van der Waals surface area (Å²) >= 11 is 0. The van der Waals surface area contributed by atoms with Crippen LogP contribution in [0.4, 0.5) is 4.79 Å². The van der Waals surface area contributed by atoms with Crippen LogP contribution in [0, 0.1) is 0 Å². The number of aryl methyl sites for hydroxylation is 1. The molecule has 0 saturated carbocycles. The van der Waals surface area contributed by atoms with Gasteiger partial charge in [-0.3, -0.25) is 9.48 Å². The number of ether oxygens (including phenoxy) is 1. The lowest BCUT2D eigenvalue weighted by molar-refractivity contribution is 0.0222. The normalized spacial score (nSPS) is 14.2. The highest BCUT2D eigenvalue weighted by molar-refractivity contribution is 5.94. The fourth-order valence-electron chi connectivity index (χ4n) is 2.92. The van der Waals surface area contributed by atoms with Gasteiger partial charge in [0.2, 0.25) is 0 Å². The Labute approximate surface area is 148 Å². The minimum absolute atomic E-state index is 0.0936. The standard InChI is InChI=1S/C17H28N4O4/c1-6-20(9-10-22)15(23)14-12-11-21(16(24)25-17(2,3)4)8-7-13(12)18-19(14)5/h22H,6-11H2,1-5H3. The first-order valence-corrected chi connectivity index (χ1v) is 8.60. The molecule has 0 fully saturated rings. The third-order valence-electron chi connectivity index (χ3n) is 4.09. The Morgan fingerprint density at radius 3 is 2.60 bits per heavy atom. The number of carbonyl (C=O) groups is 2. The van der Waals surface area contributed by atoms with Gasteiger partial charge in [0.15, 0.2) is 0 Å². The second-order valence-electron chi connectivity index (χ2n) is 7.16. The Bertz CT molecular complexity index is 648. The Morgan fingerprint density at radius 2 is 2.04 bits per heavy atom. The first-order chi connectivity index (χ1) is 11.7. The summed E-state index contributed by atoms with van der Waals surface area (Å²) in [4.78, 5) is 28.4. The summed E-state index contributed by atoms with van der Waals surface area (Å²) in [6.07, 6.45) is 0.199. The molecule has 8 heteroatoms. The third kappa shape index (κ3) is 4.31. The summed E-state index contributed by atoms with van der Waals surface area (Å²) in [5.74, 6) is -0.182. The van der Waals surface area contributed by atoms with E-state index >= 15 is 0 Å². The number of aromatic nitrogens is 2. The van der Waals surface area contributed by atoms with Crippen molar-refractivity contribution in [3.8, 4) is 0 Å². The highest BCUT2D eigenvalue weighted by Gasteiger charge is 2.32. The molecule has 0 saturated heterocycles. The van der Waals surface area contributed by atoms with E-state index in [9.17, 15) is 9.59 Å². The van der Waals surface area contributed by atoms with Crippen molar-refractivity contribution in [2.45, 2.75) is 46.3 Å². The van der Waals surface area contributed by atoms with Gasteiger partial charge in [0.1, 0.15) is 11.3 Å². The summed E-state index contributed by atoms with van der Waals surface area (Å²) in [7, 11) is 1.73. The molecule has 0 aromatic carbocycles. The fourth-order valence-corrected chi connectivity index (χ4v) is 2.92. The molecule has 1 aromatic rings. The van der Waals surface area contributed by atoms with Gasteiger partial charge < -0.3 is 19.6 Å². The van der Waals surface area contributed by atoms with Crippen LogP contribution in [0.25, 0.3) is 0 Å². The first kappa shape index (κ1) is 19.2. The van der Waals surface area contributed by atoms with E-state index in [2.05, 4.69) is 5.10 Å². The Kier molecular flexibility index (Phi) is 5.72. The van der Waals surface area contributed by atoms with Crippen molar-refractivity contribution in [3.05, 3.63) is 17.0 Å². The molecule has 1 aromatic heterocycles. The second kappa shape index (κ2) is 7.43. The number of fused-ring (bicyclic) bond motifs is 1. The average Bonchev–Trinajstić information content (AvgIpc) is 2.85. The molecular formula is C17H28N4O4. The largest absolute Gasteiger partial charge is 0.444 e. The van der Waals surface area contributed by atoms with Gasteiger partial charge in [-0.1, -0.05) is 0 Å². The molecule has 2 rings (SSSR count). The SMILES string of the molecule is CCN(CCO)C(=O)c1c2c(nn1C)CCN(C(=O)OC(C)(C)C)C2. The van der Waals surface area contributed by atoms with Crippen molar-refractivity contribution in [1.29, 1.82) is 0 Å². The lowest BCUT2D eigenvalue weighted by atomic mass is 10.0. The Morgan fingerprint density at radius 1 is 1.36 bits per heavy atom. The van der Waals surface area contributed by atoms with Crippen LogP contribution >= 0.6 is 0 Å². The van der Waals surface area contributed by atoms with Crippen molar-refractivity contribution in [3.63, 3.8) is 0 Å². The number of rotatable bonds is 4. The zero-order valence-electron chi connectivity index (χ0n) is 15.7. The number of aliphatic hydroxyl groups excluding tert-OH is 1. The maximum atomic E-state index is 12.8. The predicted octanol–water partition coefficient (Wildman–Crippen LogP) is 1.17. The zero-order chi connectivity index (χ0) is 18.8. The van der Waals surface area contributed by atoms with Crippen molar-refractivity contribution in [2.24, 2.45) is 7.05 Å². The number of likely N-dealkylation sites (N-methyl/N-ethyl adjacent to an activating group) is 1. The van der Waals surface area contributed by atoms with Crippen LogP contribution in [0.1, 0.15) is 49.4 Å². The maximum Gasteiger partial charge on any atom is 0.410 e. The van der Waals surface area contributed by atoms with Crippen LogP contribution in [0.5, 0.6) is 0 Å². The van der Waals surface area contributed by atoms with Crippen LogP contribution in [0.15, 0.2) is 0 Å². The van der Waals surface area contributed by atoms with E-state index in [1.54, 1.807) is 21.5 Å². The van der Waals surface area contributed by atoms with Crippen LogP contribution in [0.2, 0.25) is 0 Å². The smallest absolute Gasteiger partial charge is 0.410 e. The van der Waals surface area contributed by atoms with Gasteiger partial charge in [-0.05, 0) is 27.7 Å². The quantitative estimate of drug-likeness (QED) is 0.879. The van der Waals surface area contributed by atoms with Crippen LogP contribution in [0.3, 0.4) is 0 Å². The number of carbonyl (C=O) groups excluding carboxylic acids is 2. The van der Waals surface area contributed by atoms with Crippen LogP contribution in [-0.4, -0.2) is 68.5 Å². The molecule has 1 aliphatic heterocycles. The minimum atomic E-state index is -0.564. The number of amides is 2. The van der Waals surface area contributed by atoms with E-state index < -0.39 is 5.60 Å². The summed E-state index contributed by atoms with van der Waals surface area (Å²) < 4.78 is 7.01. The predicted molar refractivity (Wildman–Crippen MR) is 92.2 cm³/mol. The summed E-state index contributed by atoms with van der Waals surface area (Å²) in [6.45, 7) is 8.83. The first-order valence-electron chi connectivity index (χ1n) is 8.60. The fraction of sp³-hybridized carbons (Fsp3) is 0.706. The van der Waals surface area contributed by atoms with Gasteiger partial charge in [0, 0.05) is 38.7 Å². The lowest BCUT2D eigenvalue weighted by Crippen LogP contribution is -2.41. The number of nitrogens with zero attached hydrogens (tertiary/aromatic N) is 4. The molecule has 0 bridgehead atoms. The molecule has 25 heavy (non-hydrogen) atoms. The van der Waals surface area contributed by atoms with Gasteiger partial charge in [0.25, 0.3) is 5.91 Å². The van der Waals surface area contributed by atoms with Gasteiger partial charge in [-0.15, -0.1) is 0 Å². The van der Waals surface area contributed by atoms with Crippen molar-refractivity contribution < 1.29 is 19.4 Å². The van der Waals surface area contributed by atoms with E-state index in [0.29, 0.717) is 31.7 Å². The molecule has 0 radical (unpaired) electrons. The number of aliphatic hydroxyl groups is 1. The van der Waals surface area contributed by atoms with E-state index in [1.165, 1.54) is 0 Å². The van der Waals surface area contributed by atoms with Gasteiger partial charge in [0.05, 0.1) is 18.8 Å². The number of hydrogen-bond donors (Lipinski definition) is 1. The molecule has 0 atom stereocenters. The highest BCUT2D eigenvalue weighted by Crippen LogP contribution is 2.24. The molecule has 1 N–H and O–H groups in total. The zero-order valence-corrected chi connectivity index (χ0v) is 15.7. The summed E-state index contributed by atoms with van der Waals surface area (Å²) in [5.41, 5.74) is 1.51. The second-order valence-corrected chi connectivity index (χ2v) is 7.16. The third-order valence-corrected chi connectivity index (χ3v) is 4.09. The van der Waals surface area contributed by atoms with Gasteiger partial charge >= 0.3 is 6.09 Å². The van der Waals surface area contributed by atoms with Crippen LogP contribution < -0.4 is 0 Å². The van der Waals surface area contributed by atoms with Crippen LogP contribution in [-0.2, 0) is 24.8 Å². The Balaban J connectivity index is 2.26. The van der Waals surface area contributed by atoms with Crippen molar-refractivity contribution in [1.82, 2.24) is 19.6 Å². The monoisotopic (exact) mass is 352 g/mol. The molecule has 1 aliphatic rings. The number of hydrogen-bond acceptors (Lipinski definition) is 5. The van der Waals surface area contributed by atoms with Crippen molar-refractivity contribution in [2.75, 3.05) is 26.2 Å². The molecule has 2 amide bonds. The molecule has 2 heterocycles. The van der Waals surface area contributed by atoms with Gasteiger partial charge in [-0.25, -0.2) is 4.79 Å². The lowest BCUT2D eigenvalue weighted by Gasteiger charge is -2.30. The van der Waals surface area contributed by atoms with Crippen molar-refractivity contribution >= 4 is 12.0 Å². The molecule has 140 valence electrons. The molecule has 8 nitrogen and oxygen atoms in total. The molecule has 0 spiro atoms. The molecule has 0 unspecified atom stereocenters. The minimum Gasteiger partial charge on any atom is -0.444 e. The summed E-state index contributed by atoms with van der Waals surface area (Å²) in [6, 6.07) is 0. The van der Waals surface area contributed by atoms with E-state index in [1.807, 2.05) is 27.7 Å². The average molecular weight is 352 g/mol. The topological polar surface area (TPSA) is 87.9 Å². The Hall–Kier alpha value is -2.09. The van der Waals surface area contributed by atoms with E-state index in [4.69, 9.17) is 9.84 Å². The van der Waals surface area contributed by atoms with E-state index in [0.717, 1.165) is 11.3 Å². The highest BCUT2D eigenvalue weighted by atomic mass is 16.6. The molecule has 0 aliphatic carbocycles. The molecular weight excluding hydrogens is 324 g/mol. The van der Waals surface area contributed by atoms with Gasteiger partial charge in [-0.2, -0.15) is 5.10 Å². The maximum absolute atomic E-state index is 12.8. The van der Waals surface area contributed by atoms with E-state index in [-0.39, 0.29) is 25.2 Å². The summed E-state index contributed by atoms with van der Waals surface area (Å²) in [5, 5.41) is 13.6.